The number of ether oxygens (including phenoxy) is 1. The third kappa shape index (κ3) is 4.58. The summed E-state index contributed by atoms with van der Waals surface area (Å²) >= 11 is 6.15. The molecule has 14 heavy (non-hydrogen) atoms. The molecule has 0 bridgehead atoms. The van der Waals surface area contributed by atoms with E-state index in [9.17, 15) is 0 Å². The van der Waals surface area contributed by atoms with E-state index in [0.717, 1.165) is 26.1 Å². The topological polar surface area (TPSA) is 22.1 Å². The van der Waals surface area contributed by atoms with Crippen LogP contribution in [0.5, 0.6) is 0 Å². The third-order valence-electron chi connectivity index (χ3n) is 1.99. The Labute approximate surface area is 90.3 Å². The van der Waals surface area contributed by atoms with Crippen LogP contribution in [0.3, 0.4) is 0 Å². The maximum atomic E-state index is 6.15. The first-order chi connectivity index (χ1) is 6.83. The molecule has 1 atom stereocenters. The molecule has 1 heterocycles. The minimum absolute atomic E-state index is 0.156. The summed E-state index contributed by atoms with van der Waals surface area (Å²) in [7, 11) is 0. The Morgan fingerprint density at radius 1 is 1.43 bits per heavy atom. The summed E-state index contributed by atoms with van der Waals surface area (Å²) < 4.78 is 5.25. The fraction of sp³-hybridized carbons (Fsp3) is 0.545. The summed E-state index contributed by atoms with van der Waals surface area (Å²) in [5.41, 5.74) is 1.23. The summed E-state index contributed by atoms with van der Waals surface area (Å²) in [6, 6.07) is 3.99. The molecule has 0 saturated heterocycles. The molecule has 0 aromatic carbocycles. The molecule has 0 amide bonds. The zero-order valence-electron chi connectivity index (χ0n) is 8.45. The lowest BCUT2D eigenvalue weighted by atomic mass is 10.1. The van der Waals surface area contributed by atoms with Gasteiger partial charge in [0.25, 0.3) is 0 Å². The van der Waals surface area contributed by atoms with Gasteiger partial charge in [0.15, 0.2) is 0 Å². The number of alkyl halides is 1. The summed E-state index contributed by atoms with van der Waals surface area (Å²) in [5, 5.41) is 0.156. The molecular formula is C11H16ClNO. The van der Waals surface area contributed by atoms with Gasteiger partial charge < -0.3 is 4.74 Å². The van der Waals surface area contributed by atoms with Crippen LogP contribution >= 0.6 is 11.6 Å². The highest BCUT2D eigenvalue weighted by Crippen LogP contribution is 2.10. The predicted molar refractivity (Wildman–Crippen MR) is 58.7 cm³/mol. The Morgan fingerprint density at radius 2 is 2.14 bits per heavy atom. The zero-order chi connectivity index (χ0) is 10.2. The smallest absolute Gasteiger partial charge is 0.0480 e. The van der Waals surface area contributed by atoms with Gasteiger partial charge in [0.2, 0.25) is 0 Å². The molecule has 1 unspecified atom stereocenters. The van der Waals surface area contributed by atoms with Gasteiger partial charge in [0.05, 0.1) is 0 Å². The van der Waals surface area contributed by atoms with E-state index in [2.05, 4.69) is 4.98 Å². The molecule has 1 rings (SSSR count). The van der Waals surface area contributed by atoms with Crippen LogP contribution in [-0.2, 0) is 11.2 Å². The van der Waals surface area contributed by atoms with Crippen LogP contribution in [0.2, 0.25) is 0 Å². The lowest BCUT2D eigenvalue weighted by Gasteiger charge is -2.08. The van der Waals surface area contributed by atoms with Crippen LogP contribution in [-0.4, -0.2) is 23.6 Å². The lowest BCUT2D eigenvalue weighted by molar-refractivity contribution is 0.144. The molecule has 0 saturated carbocycles. The first kappa shape index (κ1) is 11.5. The highest BCUT2D eigenvalue weighted by atomic mass is 35.5. The van der Waals surface area contributed by atoms with Gasteiger partial charge >= 0.3 is 0 Å². The van der Waals surface area contributed by atoms with Crippen molar-refractivity contribution in [3.05, 3.63) is 30.1 Å². The van der Waals surface area contributed by atoms with Gasteiger partial charge in [-0.2, -0.15) is 0 Å². The molecule has 78 valence electrons. The highest BCUT2D eigenvalue weighted by molar-refractivity contribution is 6.20. The number of pyridine rings is 1. The van der Waals surface area contributed by atoms with Crippen molar-refractivity contribution in [2.45, 2.75) is 25.1 Å². The standard InChI is InChI=1S/C11H16ClNO/c1-2-14-8-5-11(12)9-10-3-6-13-7-4-10/h3-4,6-7,11H,2,5,8-9H2,1H3. The van der Waals surface area contributed by atoms with Gasteiger partial charge in [0.1, 0.15) is 0 Å². The SMILES string of the molecule is CCOCCC(Cl)Cc1ccncc1. The lowest BCUT2D eigenvalue weighted by Crippen LogP contribution is -2.07. The Balaban J connectivity index is 2.23. The van der Waals surface area contributed by atoms with Crippen LogP contribution in [0.4, 0.5) is 0 Å². The molecule has 0 N–H and O–H groups in total. The Morgan fingerprint density at radius 3 is 2.79 bits per heavy atom. The number of nitrogens with zero attached hydrogens (tertiary/aromatic N) is 1. The minimum atomic E-state index is 0.156. The van der Waals surface area contributed by atoms with Crippen molar-refractivity contribution in [2.24, 2.45) is 0 Å². The average Bonchev–Trinajstić information content (AvgIpc) is 2.20. The summed E-state index contributed by atoms with van der Waals surface area (Å²) in [4.78, 5) is 3.96. The Bertz CT molecular complexity index is 240. The summed E-state index contributed by atoms with van der Waals surface area (Å²) in [6.07, 6.45) is 5.37. The minimum Gasteiger partial charge on any atom is -0.382 e. The monoisotopic (exact) mass is 213 g/mol. The molecule has 0 radical (unpaired) electrons. The van der Waals surface area contributed by atoms with Gasteiger partial charge in [0, 0.05) is 31.0 Å². The van der Waals surface area contributed by atoms with Crippen molar-refractivity contribution < 1.29 is 4.74 Å². The Kier molecular flexibility index (Phi) is 5.57. The number of hydrogen-bond acceptors (Lipinski definition) is 2. The van der Waals surface area contributed by atoms with Gasteiger partial charge in [-0.15, -0.1) is 11.6 Å². The number of aromatic nitrogens is 1. The molecule has 3 heteroatoms. The van der Waals surface area contributed by atoms with E-state index in [-0.39, 0.29) is 5.38 Å². The molecule has 2 nitrogen and oxygen atoms in total. The second kappa shape index (κ2) is 6.80. The third-order valence-corrected chi connectivity index (χ3v) is 2.36. The van der Waals surface area contributed by atoms with Crippen molar-refractivity contribution in [1.29, 1.82) is 0 Å². The molecule has 0 fully saturated rings. The maximum absolute atomic E-state index is 6.15. The second-order valence-electron chi connectivity index (χ2n) is 3.14. The van der Waals surface area contributed by atoms with Crippen LogP contribution in [0.25, 0.3) is 0 Å². The second-order valence-corrected chi connectivity index (χ2v) is 3.76. The van der Waals surface area contributed by atoms with E-state index < -0.39 is 0 Å². The van der Waals surface area contributed by atoms with Crippen molar-refractivity contribution in [3.8, 4) is 0 Å². The number of rotatable bonds is 6. The fourth-order valence-corrected chi connectivity index (χ4v) is 1.50. The van der Waals surface area contributed by atoms with Crippen LogP contribution in [0.15, 0.2) is 24.5 Å². The highest BCUT2D eigenvalue weighted by Gasteiger charge is 2.05. The van der Waals surface area contributed by atoms with E-state index in [1.54, 1.807) is 12.4 Å². The van der Waals surface area contributed by atoms with Crippen LogP contribution < -0.4 is 0 Å². The zero-order valence-corrected chi connectivity index (χ0v) is 9.20. The van der Waals surface area contributed by atoms with E-state index in [1.807, 2.05) is 19.1 Å². The van der Waals surface area contributed by atoms with Crippen LogP contribution in [0, 0.1) is 0 Å². The predicted octanol–water partition coefficient (Wildman–Crippen LogP) is 2.66. The van der Waals surface area contributed by atoms with Crippen molar-refractivity contribution in [2.75, 3.05) is 13.2 Å². The van der Waals surface area contributed by atoms with Gasteiger partial charge in [-0.1, -0.05) is 0 Å². The quantitative estimate of drug-likeness (QED) is 0.536. The first-order valence-electron chi connectivity index (χ1n) is 4.93. The number of halogens is 1. The van der Waals surface area contributed by atoms with E-state index in [0.29, 0.717) is 0 Å². The summed E-state index contributed by atoms with van der Waals surface area (Å²) in [5.74, 6) is 0. The van der Waals surface area contributed by atoms with Gasteiger partial charge in [-0.05, 0) is 37.5 Å². The molecular weight excluding hydrogens is 198 g/mol. The van der Waals surface area contributed by atoms with Gasteiger partial charge in [-0.3, -0.25) is 4.98 Å². The number of hydrogen-bond donors (Lipinski definition) is 0. The van der Waals surface area contributed by atoms with Crippen LogP contribution in [0.1, 0.15) is 18.9 Å². The fourth-order valence-electron chi connectivity index (χ4n) is 1.23. The average molecular weight is 214 g/mol. The molecule has 0 aliphatic rings. The molecule has 1 aromatic rings. The Hall–Kier alpha value is -0.600. The van der Waals surface area contributed by atoms with E-state index in [4.69, 9.17) is 16.3 Å². The van der Waals surface area contributed by atoms with Crippen molar-refractivity contribution >= 4 is 11.6 Å². The van der Waals surface area contributed by atoms with E-state index in [1.165, 1.54) is 5.56 Å². The van der Waals surface area contributed by atoms with E-state index >= 15 is 0 Å². The molecule has 0 spiro atoms. The first-order valence-corrected chi connectivity index (χ1v) is 5.37. The van der Waals surface area contributed by atoms with Crippen molar-refractivity contribution in [3.63, 3.8) is 0 Å². The van der Waals surface area contributed by atoms with Crippen molar-refractivity contribution in [1.82, 2.24) is 4.98 Å². The van der Waals surface area contributed by atoms with Gasteiger partial charge in [-0.25, -0.2) is 0 Å². The molecule has 0 aliphatic carbocycles. The maximum Gasteiger partial charge on any atom is 0.0480 e. The summed E-state index contributed by atoms with van der Waals surface area (Å²) in [6.45, 7) is 3.50. The molecule has 0 aliphatic heterocycles. The largest absolute Gasteiger partial charge is 0.382 e. The molecule has 1 aromatic heterocycles. The normalized spacial score (nSPS) is 12.7.